The molecular formula is C38H31BrN4O3S. The quantitative estimate of drug-likeness (QED) is 0.196. The highest BCUT2D eigenvalue weighted by Gasteiger charge is 2.32. The van der Waals surface area contributed by atoms with Gasteiger partial charge in [-0.15, -0.1) is 0 Å². The minimum atomic E-state index is -0.678. The van der Waals surface area contributed by atoms with Gasteiger partial charge in [0.1, 0.15) is 5.75 Å². The van der Waals surface area contributed by atoms with Crippen LogP contribution in [0.3, 0.4) is 0 Å². The Bertz CT molecular complexity index is 2350. The van der Waals surface area contributed by atoms with Gasteiger partial charge >= 0.3 is 0 Å². The van der Waals surface area contributed by atoms with Crippen molar-refractivity contribution in [3.05, 3.63) is 161 Å². The van der Waals surface area contributed by atoms with E-state index >= 15 is 0 Å². The number of carbonyl (C=O) groups excluding carboxylic acids is 1. The first-order valence-corrected chi connectivity index (χ1v) is 16.8. The molecule has 0 unspecified atom stereocenters. The van der Waals surface area contributed by atoms with Crippen LogP contribution < -0.4 is 24.9 Å². The van der Waals surface area contributed by atoms with Gasteiger partial charge in [-0.2, -0.15) is 0 Å². The molecule has 47 heavy (non-hydrogen) atoms. The lowest BCUT2D eigenvalue weighted by atomic mass is 9.95. The number of aromatic nitrogens is 2. The average Bonchev–Trinajstić information content (AvgIpc) is 3.53. The number of ether oxygens (including phenoxy) is 1. The zero-order chi connectivity index (χ0) is 32.7. The summed E-state index contributed by atoms with van der Waals surface area (Å²) in [6.07, 6.45) is 1.98. The predicted octanol–water partition coefficient (Wildman–Crippen LogP) is 6.96. The highest BCUT2D eigenvalue weighted by molar-refractivity contribution is 9.10. The Balaban J connectivity index is 1.38. The molecule has 0 saturated carbocycles. The number of nitrogens with one attached hydrogen (secondary N) is 1. The van der Waals surface area contributed by atoms with Gasteiger partial charge in [-0.3, -0.25) is 14.2 Å². The van der Waals surface area contributed by atoms with Crippen LogP contribution >= 0.6 is 27.3 Å². The Morgan fingerprint density at radius 2 is 1.66 bits per heavy atom. The first-order valence-electron chi connectivity index (χ1n) is 15.2. The number of fused-ring (bicyclic) bond motifs is 2. The summed E-state index contributed by atoms with van der Waals surface area (Å²) in [6, 6.07) is 32.7. The van der Waals surface area contributed by atoms with Crippen molar-refractivity contribution in [3.8, 4) is 5.75 Å². The molecule has 0 bridgehead atoms. The van der Waals surface area contributed by atoms with Crippen LogP contribution in [0.1, 0.15) is 35.3 Å². The van der Waals surface area contributed by atoms with Crippen LogP contribution in [-0.4, -0.2) is 22.2 Å². The molecule has 0 spiro atoms. The standard InChI is InChI=1S/C38H31BrN4O3S/c1-23-34(36(44)41-28-9-5-4-6-10-28)35(26-15-19-29(46-3)20-16-26)43-37(45)33(47-38(43)40-23)21-31-24(2)42(32-12-8-7-11-30(31)32)22-25-13-17-27(39)18-14-25/h4-21,35H,22H2,1-3H3,(H,41,44)/b33-21+/t35-/m1/s1. The number of methoxy groups -OCH3 is 1. The van der Waals surface area contributed by atoms with E-state index in [2.05, 4.69) is 57.0 Å². The molecule has 0 fully saturated rings. The van der Waals surface area contributed by atoms with E-state index in [0.29, 0.717) is 38.6 Å². The van der Waals surface area contributed by atoms with Crippen molar-refractivity contribution in [1.29, 1.82) is 0 Å². The molecule has 1 aliphatic heterocycles. The van der Waals surface area contributed by atoms with Crippen molar-refractivity contribution in [2.45, 2.75) is 26.4 Å². The number of para-hydroxylation sites is 2. The Labute approximate surface area is 283 Å². The van der Waals surface area contributed by atoms with Crippen molar-refractivity contribution in [2.75, 3.05) is 12.4 Å². The minimum absolute atomic E-state index is 0.198. The first-order chi connectivity index (χ1) is 22.8. The zero-order valence-corrected chi connectivity index (χ0v) is 28.4. The summed E-state index contributed by atoms with van der Waals surface area (Å²) >= 11 is 4.87. The lowest BCUT2D eigenvalue weighted by Crippen LogP contribution is -2.40. The molecule has 1 atom stereocenters. The van der Waals surface area contributed by atoms with Crippen LogP contribution in [0.4, 0.5) is 5.69 Å². The SMILES string of the molecule is COc1ccc([C@@H]2C(C(=O)Nc3ccccc3)=C(C)N=c3s/c(=C/c4c(C)n(Cc5ccc(Br)cc5)c5ccccc45)c(=O)n32)cc1. The molecule has 234 valence electrons. The Morgan fingerprint density at radius 3 is 2.38 bits per heavy atom. The zero-order valence-electron chi connectivity index (χ0n) is 26.0. The van der Waals surface area contributed by atoms with Crippen molar-refractivity contribution in [1.82, 2.24) is 9.13 Å². The van der Waals surface area contributed by atoms with Crippen LogP contribution in [0.25, 0.3) is 17.0 Å². The molecule has 7 rings (SSSR count). The molecule has 4 aromatic carbocycles. The third kappa shape index (κ3) is 5.77. The number of hydrogen-bond donors (Lipinski definition) is 1. The Hall–Kier alpha value is -4.99. The molecule has 7 nitrogen and oxygen atoms in total. The van der Waals surface area contributed by atoms with Crippen molar-refractivity contribution < 1.29 is 9.53 Å². The van der Waals surface area contributed by atoms with E-state index in [0.717, 1.165) is 32.2 Å². The fraction of sp³-hybridized carbons (Fsp3) is 0.132. The molecule has 1 amide bonds. The van der Waals surface area contributed by atoms with Crippen LogP contribution in [0.2, 0.25) is 0 Å². The lowest BCUT2D eigenvalue weighted by Gasteiger charge is -2.25. The molecule has 0 radical (unpaired) electrons. The van der Waals surface area contributed by atoms with E-state index < -0.39 is 6.04 Å². The van der Waals surface area contributed by atoms with E-state index in [1.54, 1.807) is 11.7 Å². The van der Waals surface area contributed by atoms with Gasteiger partial charge in [0.2, 0.25) is 0 Å². The number of allylic oxidation sites excluding steroid dienone is 1. The summed E-state index contributed by atoms with van der Waals surface area (Å²) in [5.41, 5.74) is 6.56. The highest BCUT2D eigenvalue weighted by atomic mass is 79.9. The van der Waals surface area contributed by atoms with Crippen LogP contribution in [0, 0.1) is 6.92 Å². The maximum absolute atomic E-state index is 14.4. The van der Waals surface area contributed by atoms with E-state index in [1.165, 1.54) is 16.9 Å². The fourth-order valence-corrected chi connectivity index (χ4v) is 7.47. The van der Waals surface area contributed by atoms with Crippen molar-refractivity contribution in [3.63, 3.8) is 0 Å². The fourth-order valence-electron chi connectivity index (χ4n) is 6.18. The molecule has 9 heteroatoms. The van der Waals surface area contributed by atoms with Crippen molar-refractivity contribution >= 4 is 55.8 Å². The van der Waals surface area contributed by atoms with Gasteiger partial charge in [0.25, 0.3) is 11.5 Å². The molecular weight excluding hydrogens is 672 g/mol. The molecule has 1 N–H and O–H groups in total. The molecule has 1 aliphatic rings. The average molecular weight is 704 g/mol. The van der Waals surface area contributed by atoms with Crippen LogP contribution in [0.5, 0.6) is 5.75 Å². The summed E-state index contributed by atoms with van der Waals surface area (Å²) in [5, 5.41) is 4.08. The maximum atomic E-state index is 14.4. The summed E-state index contributed by atoms with van der Waals surface area (Å²) in [5.74, 6) is 0.381. The second-order valence-electron chi connectivity index (χ2n) is 11.4. The summed E-state index contributed by atoms with van der Waals surface area (Å²) in [6.45, 7) is 4.62. The summed E-state index contributed by atoms with van der Waals surface area (Å²) in [4.78, 5) is 33.7. The number of benzene rings is 4. The van der Waals surface area contributed by atoms with E-state index in [-0.39, 0.29) is 11.5 Å². The maximum Gasteiger partial charge on any atom is 0.271 e. The van der Waals surface area contributed by atoms with Gasteiger partial charge in [0.15, 0.2) is 4.80 Å². The normalized spacial score (nSPS) is 14.6. The number of carbonyl (C=O) groups is 1. The van der Waals surface area contributed by atoms with Gasteiger partial charge in [-0.1, -0.05) is 87.9 Å². The summed E-state index contributed by atoms with van der Waals surface area (Å²) in [7, 11) is 1.61. The van der Waals surface area contributed by atoms with Crippen LogP contribution in [0.15, 0.2) is 129 Å². The summed E-state index contributed by atoms with van der Waals surface area (Å²) < 4.78 is 10.9. The monoisotopic (exact) mass is 702 g/mol. The van der Waals surface area contributed by atoms with Gasteiger partial charge < -0.3 is 14.6 Å². The Morgan fingerprint density at radius 1 is 0.957 bits per heavy atom. The second kappa shape index (κ2) is 12.7. The number of anilines is 1. The van der Waals surface area contributed by atoms with E-state index in [1.807, 2.05) is 91.9 Å². The number of hydrogen-bond acceptors (Lipinski definition) is 5. The number of thiazole rings is 1. The number of rotatable bonds is 7. The van der Waals surface area contributed by atoms with Gasteiger partial charge in [-0.05, 0) is 73.5 Å². The minimum Gasteiger partial charge on any atom is -0.497 e. The van der Waals surface area contributed by atoms with Gasteiger partial charge in [0, 0.05) is 38.9 Å². The van der Waals surface area contributed by atoms with Crippen molar-refractivity contribution in [2.24, 2.45) is 4.99 Å². The second-order valence-corrected chi connectivity index (χ2v) is 13.3. The molecule has 6 aromatic rings. The molecule has 2 aromatic heterocycles. The number of amides is 1. The molecule has 3 heterocycles. The highest BCUT2D eigenvalue weighted by Crippen LogP contribution is 2.32. The van der Waals surface area contributed by atoms with E-state index in [4.69, 9.17) is 9.73 Å². The third-order valence-electron chi connectivity index (χ3n) is 8.54. The van der Waals surface area contributed by atoms with E-state index in [9.17, 15) is 9.59 Å². The Kier molecular flexibility index (Phi) is 8.26. The smallest absolute Gasteiger partial charge is 0.271 e. The molecule has 0 aliphatic carbocycles. The lowest BCUT2D eigenvalue weighted by molar-refractivity contribution is -0.113. The van der Waals surface area contributed by atoms with Gasteiger partial charge in [-0.25, -0.2) is 4.99 Å². The third-order valence-corrected chi connectivity index (χ3v) is 10.1. The van der Waals surface area contributed by atoms with Gasteiger partial charge in [0.05, 0.1) is 29.0 Å². The number of halogens is 1. The number of nitrogens with zero attached hydrogens (tertiary/aromatic N) is 3. The van der Waals surface area contributed by atoms with Crippen LogP contribution in [-0.2, 0) is 11.3 Å². The predicted molar refractivity (Wildman–Crippen MR) is 192 cm³/mol. The topological polar surface area (TPSA) is 77.6 Å². The molecule has 0 saturated heterocycles. The largest absolute Gasteiger partial charge is 0.497 e. The first kappa shape index (κ1) is 30.7.